The van der Waals surface area contributed by atoms with Crippen LogP contribution in [0.5, 0.6) is 5.75 Å². The first-order chi connectivity index (χ1) is 10.8. The van der Waals surface area contributed by atoms with Crippen molar-refractivity contribution in [2.24, 2.45) is 5.92 Å². The van der Waals surface area contributed by atoms with Crippen molar-refractivity contribution in [3.8, 4) is 5.75 Å². The van der Waals surface area contributed by atoms with Crippen molar-refractivity contribution in [3.63, 3.8) is 0 Å². The molecule has 2 saturated carbocycles. The van der Waals surface area contributed by atoms with E-state index in [-0.39, 0.29) is 5.56 Å². The number of aromatic nitrogens is 1. The molecule has 22 heavy (non-hydrogen) atoms. The maximum Gasteiger partial charge on any atom is 0.257 e. The Hall–Kier alpha value is -2.03. The normalized spacial score (nSPS) is 17.5. The highest BCUT2D eigenvalue weighted by Crippen LogP contribution is 2.42. The molecule has 2 aliphatic carbocycles. The molecule has 0 amide bonds. The van der Waals surface area contributed by atoms with Crippen LogP contribution in [-0.2, 0) is 13.2 Å². The number of ether oxygens (including phenoxy) is 1. The van der Waals surface area contributed by atoms with Gasteiger partial charge in [0.05, 0.1) is 5.56 Å². The summed E-state index contributed by atoms with van der Waals surface area (Å²) in [6, 6.07) is 12.1. The summed E-state index contributed by atoms with van der Waals surface area (Å²) < 4.78 is 7.86. The minimum atomic E-state index is 0.167. The molecule has 4 rings (SSSR count). The molecule has 3 heteroatoms. The largest absolute Gasteiger partial charge is 0.488 e. The summed E-state index contributed by atoms with van der Waals surface area (Å²) >= 11 is 0. The van der Waals surface area contributed by atoms with Crippen LogP contribution >= 0.6 is 0 Å². The van der Waals surface area contributed by atoms with Crippen molar-refractivity contribution in [1.29, 1.82) is 0 Å². The Bertz CT molecular complexity index is 712. The number of pyridine rings is 1. The lowest BCUT2D eigenvalue weighted by atomic mass is 10.1. The van der Waals surface area contributed by atoms with Gasteiger partial charge in [-0.05, 0) is 49.1 Å². The molecule has 0 atom stereocenters. The molecule has 3 nitrogen and oxygen atoms in total. The van der Waals surface area contributed by atoms with Crippen molar-refractivity contribution >= 4 is 0 Å². The summed E-state index contributed by atoms with van der Waals surface area (Å²) in [6.07, 6.45) is 6.66. The lowest BCUT2D eigenvalue weighted by Crippen LogP contribution is -2.24. The molecular weight excluding hydrogens is 274 g/mol. The maximum atomic E-state index is 12.7. The molecule has 0 aliphatic heterocycles. The fourth-order valence-corrected chi connectivity index (χ4v) is 2.91. The third-order valence-electron chi connectivity index (χ3n) is 4.54. The molecule has 2 fully saturated rings. The first kappa shape index (κ1) is 13.6. The molecule has 0 unspecified atom stereocenters. The second kappa shape index (κ2) is 5.64. The lowest BCUT2D eigenvalue weighted by molar-refractivity contribution is 0.301. The van der Waals surface area contributed by atoms with Gasteiger partial charge in [-0.1, -0.05) is 30.3 Å². The van der Waals surface area contributed by atoms with Crippen molar-refractivity contribution in [3.05, 3.63) is 64.1 Å². The van der Waals surface area contributed by atoms with Gasteiger partial charge < -0.3 is 9.30 Å². The van der Waals surface area contributed by atoms with Crippen LogP contribution in [-0.4, -0.2) is 4.57 Å². The zero-order chi connectivity index (χ0) is 14.9. The minimum Gasteiger partial charge on any atom is -0.488 e. The standard InChI is InChI=1S/C19H21NO2/c21-19-18(16-8-9-16)17(10-11-20(19)12-14-6-7-14)22-13-15-4-2-1-3-5-15/h1-5,10-11,14,16H,6-9,12-13H2. The van der Waals surface area contributed by atoms with Crippen molar-refractivity contribution in [1.82, 2.24) is 4.57 Å². The summed E-state index contributed by atoms with van der Waals surface area (Å²) in [5.41, 5.74) is 2.20. The summed E-state index contributed by atoms with van der Waals surface area (Å²) in [5, 5.41) is 0. The van der Waals surface area contributed by atoms with Crippen LogP contribution in [0.15, 0.2) is 47.4 Å². The molecule has 0 saturated heterocycles. The first-order valence-corrected chi connectivity index (χ1v) is 8.21. The lowest BCUT2D eigenvalue weighted by Gasteiger charge is -2.13. The average molecular weight is 295 g/mol. The zero-order valence-electron chi connectivity index (χ0n) is 12.7. The number of benzene rings is 1. The van der Waals surface area contributed by atoms with Gasteiger partial charge in [0.1, 0.15) is 12.4 Å². The van der Waals surface area contributed by atoms with Crippen molar-refractivity contribution in [2.45, 2.75) is 44.8 Å². The third-order valence-corrected chi connectivity index (χ3v) is 4.54. The van der Waals surface area contributed by atoms with E-state index in [2.05, 4.69) is 0 Å². The van der Waals surface area contributed by atoms with E-state index in [0.29, 0.717) is 18.4 Å². The quantitative estimate of drug-likeness (QED) is 0.813. The molecule has 1 heterocycles. The Morgan fingerprint density at radius 2 is 1.82 bits per heavy atom. The van der Waals surface area contributed by atoms with Gasteiger partial charge in [-0.15, -0.1) is 0 Å². The van der Waals surface area contributed by atoms with Crippen LogP contribution < -0.4 is 10.3 Å². The van der Waals surface area contributed by atoms with E-state index in [4.69, 9.17) is 4.74 Å². The molecule has 0 bridgehead atoms. The first-order valence-electron chi connectivity index (χ1n) is 8.21. The second-order valence-corrected chi connectivity index (χ2v) is 6.54. The molecule has 2 aliphatic rings. The van der Waals surface area contributed by atoms with E-state index in [9.17, 15) is 4.79 Å². The Morgan fingerprint density at radius 1 is 1.05 bits per heavy atom. The molecule has 0 N–H and O–H groups in total. The number of rotatable bonds is 6. The third kappa shape index (κ3) is 2.94. The molecule has 2 aromatic rings. The van der Waals surface area contributed by atoms with Gasteiger partial charge in [-0.3, -0.25) is 4.79 Å². The molecule has 1 aromatic heterocycles. The van der Waals surface area contributed by atoms with E-state index < -0.39 is 0 Å². The van der Waals surface area contributed by atoms with Gasteiger partial charge in [-0.2, -0.15) is 0 Å². The van der Waals surface area contributed by atoms with Gasteiger partial charge in [0.25, 0.3) is 5.56 Å². The average Bonchev–Trinajstić information content (AvgIpc) is 3.43. The van der Waals surface area contributed by atoms with E-state index >= 15 is 0 Å². The predicted octanol–water partition coefficient (Wildman–Crippen LogP) is 3.71. The molecule has 1 aromatic carbocycles. The Balaban J connectivity index is 1.58. The van der Waals surface area contributed by atoms with Gasteiger partial charge in [0, 0.05) is 12.7 Å². The monoisotopic (exact) mass is 295 g/mol. The highest BCUT2D eigenvalue weighted by molar-refractivity contribution is 5.37. The minimum absolute atomic E-state index is 0.167. The van der Waals surface area contributed by atoms with Crippen LogP contribution in [0.25, 0.3) is 0 Å². The van der Waals surface area contributed by atoms with Crippen LogP contribution in [0.3, 0.4) is 0 Å². The Labute approximate surface area is 130 Å². The van der Waals surface area contributed by atoms with E-state index in [0.717, 1.165) is 36.3 Å². The van der Waals surface area contributed by atoms with Crippen molar-refractivity contribution < 1.29 is 4.74 Å². The summed E-state index contributed by atoms with van der Waals surface area (Å²) in [7, 11) is 0. The second-order valence-electron chi connectivity index (χ2n) is 6.54. The SMILES string of the molecule is O=c1c(C2CC2)c(OCc2ccccc2)ccn1CC1CC1. The molecule has 0 spiro atoms. The summed E-state index contributed by atoms with van der Waals surface area (Å²) in [4.78, 5) is 12.7. The Morgan fingerprint density at radius 3 is 2.50 bits per heavy atom. The number of hydrogen-bond donors (Lipinski definition) is 0. The maximum absolute atomic E-state index is 12.7. The highest BCUT2D eigenvalue weighted by Gasteiger charge is 2.31. The predicted molar refractivity (Wildman–Crippen MR) is 86.2 cm³/mol. The molecular formula is C19H21NO2. The zero-order valence-corrected chi connectivity index (χ0v) is 12.7. The fraction of sp³-hybridized carbons (Fsp3) is 0.421. The molecule has 114 valence electrons. The van der Waals surface area contributed by atoms with E-state index in [1.165, 1.54) is 12.8 Å². The van der Waals surface area contributed by atoms with Crippen LogP contribution in [0.1, 0.15) is 42.7 Å². The number of nitrogens with zero attached hydrogens (tertiary/aromatic N) is 1. The van der Waals surface area contributed by atoms with Crippen molar-refractivity contribution in [2.75, 3.05) is 0 Å². The van der Waals surface area contributed by atoms with Gasteiger partial charge in [0.15, 0.2) is 0 Å². The fourth-order valence-electron chi connectivity index (χ4n) is 2.91. The summed E-state index contributed by atoms with van der Waals surface area (Å²) in [6.45, 7) is 1.39. The van der Waals surface area contributed by atoms with E-state index in [1.807, 2.05) is 47.2 Å². The van der Waals surface area contributed by atoms with Gasteiger partial charge in [-0.25, -0.2) is 0 Å². The molecule has 0 radical (unpaired) electrons. The smallest absolute Gasteiger partial charge is 0.257 e. The topological polar surface area (TPSA) is 31.2 Å². The summed E-state index contributed by atoms with van der Waals surface area (Å²) in [5.74, 6) is 1.90. The van der Waals surface area contributed by atoms with Gasteiger partial charge >= 0.3 is 0 Å². The van der Waals surface area contributed by atoms with Crippen LogP contribution in [0.4, 0.5) is 0 Å². The van der Waals surface area contributed by atoms with E-state index in [1.54, 1.807) is 0 Å². The number of hydrogen-bond acceptors (Lipinski definition) is 2. The van der Waals surface area contributed by atoms with Gasteiger partial charge in [0.2, 0.25) is 0 Å². The highest BCUT2D eigenvalue weighted by atomic mass is 16.5. The Kier molecular flexibility index (Phi) is 3.49. The van der Waals surface area contributed by atoms with Crippen LogP contribution in [0.2, 0.25) is 0 Å². The van der Waals surface area contributed by atoms with Crippen LogP contribution in [0, 0.1) is 5.92 Å².